The SMILES string of the molecule is CC(C)(C)OC(=O)N(C(=O)[C@@H]1CCCN1)c1ccc2c(c1)N(Cc1ccccc1)CC2. The van der Waals surface area contributed by atoms with E-state index in [1.54, 1.807) is 0 Å². The number of nitrogens with zero attached hydrogens (tertiary/aromatic N) is 2. The molecule has 1 atom stereocenters. The number of hydrogen-bond acceptors (Lipinski definition) is 5. The van der Waals surface area contributed by atoms with Gasteiger partial charge in [-0.05, 0) is 69.8 Å². The van der Waals surface area contributed by atoms with Gasteiger partial charge in [-0.15, -0.1) is 0 Å². The summed E-state index contributed by atoms with van der Waals surface area (Å²) in [5, 5.41) is 3.21. The lowest BCUT2D eigenvalue weighted by Gasteiger charge is -2.29. The zero-order valence-electron chi connectivity index (χ0n) is 18.6. The molecule has 2 amide bonds. The highest BCUT2D eigenvalue weighted by atomic mass is 16.6. The molecule has 4 rings (SSSR count). The van der Waals surface area contributed by atoms with Crippen LogP contribution in [-0.2, 0) is 22.5 Å². The molecule has 31 heavy (non-hydrogen) atoms. The van der Waals surface area contributed by atoms with Crippen LogP contribution >= 0.6 is 0 Å². The molecule has 0 aromatic heterocycles. The van der Waals surface area contributed by atoms with E-state index >= 15 is 0 Å². The quantitative estimate of drug-likeness (QED) is 0.799. The summed E-state index contributed by atoms with van der Waals surface area (Å²) in [6, 6.07) is 15.8. The molecule has 1 N–H and O–H groups in total. The van der Waals surface area contributed by atoms with E-state index in [0.29, 0.717) is 5.69 Å². The highest BCUT2D eigenvalue weighted by molar-refractivity contribution is 6.14. The molecule has 6 heteroatoms. The first-order valence-electron chi connectivity index (χ1n) is 11.0. The van der Waals surface area contributed by atoms with Crippen LogP contribution in [-0.4, -0.2) is 36.7 Å². The average molecular weight is 422 g/mol. The van der Waals surface area contributed by atoms with Gasteiger partial charge < -0.3 is 15.0 Å². The van der Waals surface area contributed by atoms with Crippen LogP contribution in [0.2, 0.25) is 0 Å². The van der Waals surface area contributed by atoms with E-state index < -0.39 is 11.7 Å². The number of benzene rings is 2. The maximum absolute atomic E-state index is 13.3. The minimum Gasteiger partial charge on any atom is -0.443 e. The zero-order valence-corrected chi connectivity index (χ0v) is 18.6. The fourth-order valence-electron chi connectivity index (χ4n) is 4.22. The van der Waals surface area contributed by atoms with Gasteiger partial charge in [0.15, 0.2) is 0 Å². The molecule has 0 aliphatic carbocycles. The first-order valence-corrected chi connectivity index (χ1v) is 11.0. The average Bonchev–Trinajstić information content (AvgIpc) is 3.38. The van der Waals surface area contributed by atoms with Crippen molar-refractivity contribution in [3.8, 4) is 0 Å². The van der Waals surface area contributed by atoms with Gasteiger partial charge in [0.2, 0.25) is 0 Å². The van der Waals surface area contributed by atoms with E-state index in [4.69, 9.17) is 4.74 Å². The van der Waals surface area contributed by atoms with Crippen molar-refractivity contribution in [1.29, 1.82) is 0 Å². The molecule has 1 fully saturated rings. The Hall–Kier alpha value is -2.86. The fourth-order valence-corrected chi connectivity index (χ4v) is 4.22. The second kappa shape index (κ2) is 8.71. The Morgan fingerprint density at radius 3 is 2.61 bits per heavy atom. The Kier molecular flexibility index (Phi) is 6.01. The first kappa shape index (κ1) is 21.4. The van der Waals surface area contributed by atoms with Crippen molar-refractivity contribution in [3.63, 3.8) is 0 Å². The highest BCUT2D eigenvalue weighted by Gasteiger charge is 2.35. The van der Waals surface area contributed by atoms with Gasteiger partial charge in [-0.2, -0.15) is 0 Å². The van der Waals surface area contributed by atoms with Crippen LogP contribution in [0.3, 0.4) is 0 Å². The molecule has 1 saturated heterocycles. The number of ether oxygens (including phenoxy) is 1. The third-order valence-corrected chi connectivity index (χ3v) is 5.69. The number of rotatable bonds is 4. The van der Waals surface area contributed by atoms with E-state index in [1.807, 2.05) is 57.2 Å². The number of carbonyl (C=O) groups is 2. The van der Waals surface area contributed by atoms with E-state index in [2.05, 4.69) is 22.3 Å². The third-order valence-electron chi connectivity index (χ3n) is 5.69. The number of fused-ring (bicyclic) bond motifs is 1. The van der Waals surface area contributed by atoms with Crippen molar-refractivity contribution in [3.05, 3.63) is 59.7 Å². The lowest BCUT2D eigenvalue weighted by atomic mass is 10.1. The van der Waals surface area contributed by atoms with Crippen LogP contribution in [0.15, 0.2) is 48.5 Å². The number of anilines is 2. The molecule has 164 valence electrons. The number of carbonyl (C=O) groups excluding carboxylic acids is 2. The summed E-state index contributed by atoms with van der Waals surface area (Å²) in [7, 11) is 0. The number of hydrogen-bond donors (Lipinski definition) is 1. The number of amides is 2. The van der Waals surface area contributed by atoms with Gasteiger partial charge in [0.1, 0.15) is 5.60 Å². The van der Waals surface area contributed by atoms with Gasteiger partial charge in [-0.1, -0.05) is 36.4 Å². The van der Waals surface area contributed by atoms with Crippen molar-refractivity contribution in [2.75, 3.05) is 22.9 Å². The van der Waals surface area contributed by atoms with Crippen LogP contribution in [0, 0.1) is 0 Å². The summed E-state index contributed by atoms with van der Waals surface area (Å²) in [6.45, 7) is 7.93. The van der Waals surface area contributed by atoms with Gasteiger partial charge in [-0.3, -0.25) is 4.79 Å². The van der Waals surface area contributed by atoms with Crippen molar-refractivity contribution in [2.24, 2.45) is 0 Å². The summed E-state index contributed by atoms with van der Waals surface area (Å²) >= 11 is 0. The maximum Gasteiger partial charge on any atom is 0.421 e. The van der Waals surface area contributed by atoms with E-state index in [1.165, 1.54) is 16.0 Å². The molecule has 0 saturated carbocycles. The second-order valence-electron chi connectivity index (χ2n) is 9.27. The van der Waals surface area contributed by atoms with Crippen LogP contribution < -0.4 is 15.1 Å². The van der Waals surface area contributed by atoms with Crippen LogP contribution in [0.1, 0.15) is 44.7 Å². The Bertz CT molecular complexity index is 946. The van der Waals surface area contributed by atoms with E-state index in [-0.39, 0.29) is 11.9 Å². The fraction of sp³-hybridized carbons (Fsp3) is 0.440. The molecule has 0 radical (unpaired) electrons. The molecule has 2 aliphatic rings. The first-order chi connectivity index (χ1) is 14.8. The van der Waals surface area contributed by atoms with E-state index in [9.17, 15) is 9.59 Å². The van der Waals surface area contributed by atoms with Crippen molar-refractivity contribution < 1.29 is 14.3 Å². The van der Waals surface area contributed by atoms with Gasteiger partial charge in [-0.25, -0.2) is 9.69 Å². The molecular weight excluding hydrogens is 390 g/mol. The smallest absolute Gasteiger partial charge is 0.421 e. The molecule has 0 unspecified atom stereocenters. The van der Waals surface area contributed by atoms with Crippen LogP contribution in [0.25, 0.3) is 0 Å². The Morgan fingerprint density at radius 2 is 1.94 bits per heavy atom. The van der Waals surface area contributed by atoms with E-state index in [0.717, 1.165) is 44.6 Å². The molecule has 0 spiro atoms. The van der Waals surface area contributed by atoms with Gasteiger partial charge in [0.05, 0.1) is 11.7 Å². The van der Waals surface area contributed by atoms with Crippen molar-refractivity contribution >= 4 is 23.4 Å². The van der Waals surface area contributed by atoms with Crippen molar-refractivity contribution in [1.82, 2.24) is 5.32 Å². The zero-order chi connectivity index (χ0) is 22.0. The Labute approximate surface area is 184 Å². The number of imide groups is 1. The van der Waals surface area contributed by atoms with Gasteiger partial charge in [0.25, 0.3) is 5.91 Å². The predicted molar refractivity (Wildman–Crippen MR) is 122 cm³/mol. The van der Waals surface area contributed by atoms with Crippen molar-refractivity contribution in [2.45, 2.75) is 58.2 Å². The summed E-state index contributed by atoms with van der Waals surface area (Å²) in [6.07, 6.45) is 1.97. The molecule has 2 aromatic carbocycles. The van der Waals surface area contributed by atoms with Crippen LogP contribution in [0.4, 0.5) is 16.2 Å². The molecule has 0 bridgehead atoms. The minimum atomic E-state index is -0.686. The summed E-state index contributed by atoms with van der Waals surface area (Å²) in [5.74, 6) is -0.251. The van der Waals surface area contributed by atoms with Crippen LogP contribution in [0.5, 0.6) is 0 Å². The summed E-state index contributed by atoms with van der Waals surface area (Å²) < 4.78 is 5.60. The van der Waals surface area contributed by atoms with Gasteiger partial charge in [0, 0.05) is 18.8 Å². The molecule has 2 aliphatic heterocycles. The third kappa shape index (κ3) is 4.90. The standard InChI is InChI=1S/C25H31N3O3/c1-25(2,3)31-24(30)28(23(29)21-10-7-14-26-21)20-12-11-19-13-15-27(22(19)16-20)17-18-8-5-4-6-9-18/h4-6,8-9,11-12,16,21,26H,7,10,13-15,17H2,1-3H3/t21-/m0/s1. The monoisotopic (exact) mass is 421 g/mol. The maximum atomic E-state index is 13.3. The normalized spacial score (nSPS) is 18.0. The molecule has 2 aromatic rings. The molecule has 6 nitrogen and oxygen atoms in total. The Morgan fingerprint density at radius 1 is 1.16 bits per heavy atom. The summed E-state index contributed by atoms with van der Waals surface area (Å²) in [5.41, 5.74) is 3.41. The lowest BCUT2D eigenvalue weighted by Crippen LogP contribution is -2.48. The lowest BCUT2D eigenvalue weighted by molar-refractivity contribution is -0.120. The minimum absolute atomic E-state index is 0.251. The topological polar surface area (TPSA) is 61.9 Å². The number of nitrogens with one attached hydrogen (secondary N) is 1. The van der Waals surface area contributed by atoms with Gasteiger partial charge >= 0.3 is 6.09 Å². The predicted octanol–water partition coefficient (Wildman–Crippen LogP) is 4.27. The molecule has 2 heterocycles. The highest BCUT2D eigenvalue weighted by Crippen LogP contribution is 2.34. The second-order valence-corrected chi connectivity index (χ2v) is 9.27. The Balaban J connectivity index is 1.64. The largest absolute Gasteiger partial charge is 0.443 e. The molecular formula is C25H31N3O3. The summed E-state index contributed by atoms with van der Waals surface area (Å²) in [4.78, 5) is 29.9.